The topological polar surface area (TPSA) is 62.4 Å². The van der Waals surface area contributed by atoms with E-state index in [-0.39, 0.29) is 17.9 Å². The number of para-hydroxylation sites is 1. The summed E-state index contributed by atoms with van der Waals surface area (Å²) in [6.07, 6.45) is -2.02. The third-order valence-electron chi connectivity index (χ3n) is 3.66. The number of anilines is 1. The molecule has 0 aliphatic carbocycles. The van der Waals surface area contributed by atoms with Crippen molar-refractivity contribution in [2.45, 2.75) is 26.0 Å². The van der Waals surface area contributed by atoms with E-state index in [0.29, 0.717) is 23.2 Å². The van der Waals surface area contributed by atoms with E-state index in [1.54, 1.807) is 18.2 Å². The van der Waals surface area contributed by atoms with E-state index < -0.39 is 12.0 Å². The minimum absolute atomic E-state index is 0.0176. The van der Waals surface area contributed by atoms with Gasteiger partial charge in [0, 0.05) is 12.3 Å². The third kappa shape index (κ3) is 2.69. The lowest BCUT2D eigenvalue weighted by Gasteiger charge is -2.34. The molecule has 0 spiro atoms. The van der Waals surface area contributed by atoms with Gasteiger partial charge in [-0.15, -0.1) is 0 Å². The van der Waals surface area contributed by atoms with Crippen LogP contribution in [0.3, 0.4) is 0 Å². The number of pyridine rings is 1. The summed E-state index contributed by atoms with van der Waals surface area (Å²) in [7, 11) is 0. The average molecular weight is 320 g/mol. The van der Waals surface area contributed by atoms with Gasteiger partial charge >= 0.3 is 12.0 Å². The molecule has 1 N–H and O–H groups in total. The van der Waals surface area contributed by atoms with Gasteiger partial charge in [-0.25, -0.2) is 0 Å². The quantitative estimate of drug-likeness (QED) is 0.945. The zero-order valence-electron chi connectivity index (χ0n) is 12.3. The fourth-order valence-electron chi connectivity index (χ4n) is 2.50. The molecule has 5 nitrogen and oxygen atoms in total. The summed E-state index contributed by atoms with van der Waals surface area (Å²) in [5.74, 6) is -1.41. The monoisotopic (exact) mass is 320 g/mol. The number of rotatable bonds is 3. The average Bonchev–Trinajstić information content (AvgIpc) is 2.53. The van der Waals surface area contributed by atoms with Crippen molar-refractivity contribution in [2.75, 3.05) is 4.90 Å². The number of aromatic nitrogens is 1. The molecule has 1 aromatic heterocycles. The molecule has 2 heterocycles. The van der Waals surface area contributed by atoms with Crippen LogP contribution in [0.15, 0.2) is 41.3 Å². The van der Waals surface area contributed by atoms with Crippen LogP contribution in [0.1, 0.15) is 18.1 Å². The number of carbonyl (C=O) groups is 1. The largest absolute Gasteiger partial charge is 0.483 e. The van der Waals surface area contributed by atoms with Crippen molar-refractivity contribution in [2.24, 2.45) is 0 Å². The Labute approximate surface area is 130 Å². The summed E-state index contributed by atoms with van der Waals surface area (Å²) >= 11 is 0. The highest BCUT2D eigenvalue weighted by molar-refractivity contribution is 6.01. The molecule has 0 saturated heterocycles. The highest BCUT2D eigenvalue weighted by Gasteiger charge is 2.50. The van der Waals surface area contributed by atoms with Crippen LogP contribution < -0.4 is 15.2 Å². The second kappa shape index (κ2) is 5.49. The van der Waals surface area contributed by atoms with Gasteiger partial charge in [0.1, 0.15) is 0 Å². The van der Waals surface area contributed by atoms with Gasteiger partial charge in [-0.3, -0.25) is 14.5 Å². The Morgan fingerprint density at radius 3 is 2.65 bits per heavy atom. The third-order valence-corrected chi connectivity index (χ3v) is 3.66. The molecule has 7 heteroatoms. The molecule has 0 bridgehead atoms. The number of H-pyrrole nitrogens is 1. The van der Waals surface area contributed by atoms with E-state index >= 15 is 0 Å². The summed E-state index contributed by atoms with van der Waals surface area (Å²) < 4.78 is 32.5. The number of nitrogens with one attached hydrogen (secondary N) is 1. The number of hydrogen-bond acceptors (Lipinski definition) is 3. The summed E-state index contributed by atoms with van der Waals surface area (Å²) in [6, 6.07) is 7.71. The molecular formula is C16H14F2N2O3. The van der Waals surface area contributed by atoms with Crippen LogP contribution >= 0.6 is 0 Å². The predicted molar refractivity (Wildman–Crippen MR) is 79.6 cm³/mol. The van der Waals surface area contributed by atoms with Crippen LogP contribution in [0.4, 0.5) is 14.5 Å². The second-order valence-electron chi connectivity index (χ2n) is 5.19. The van der Waals surface area contributed by atoms with E-state index in [2.05, 4.69) is 9.72 Å². The maximum atomic E-state index is 13.9. The number of amides is 1. The van der Waals surface area contributed by atoms with Crippen molar-refractivity contribution in [3.05, 3.63) is 58.0 Å². The summed E-state index contributed by atoms with van der Waals surface area (Å²) in [5.41, 5.74) is 1.12. The molecule has 1 aliphatic rings. The maximum Gasteiger partial charge on any atom is 0.483 e. The second-order valence-corrected chi connectivity index (χ2v) is 5.19. The highest BCUT2D eigenvalue weighted by Crippen LogP contribution is 2.42. The van der Waals surface area contributed by atoms with Crippen LogP contribution in [0.2, 0.25) is 0 Å². The SMILES string of the molecule is CCc1cccc2c1OC(F)(F)C(=O)N2Cc1ccc(=O)[nH]c1. The van der Waals surface area contributed by atoms with Crippen LogP contribution in [-0.4, -0.2) is 17.0 Å². The summed E-state index contributed by atoms with van der Waals surface area (Å²) in [6.45, 7) is 1.73. The molecule has 3 rings (SSSR count). The molecule has 0 unspecified atom stereocenters. The molecule has 1 aliphatic heterocycles. The van der Waals surface area contributed by atoms with Crippen molar-refractivity contribution >= 4 is 11.6 Å². The molecule has 0 radical (unpaired) electrons. The fraction of sp³-hybridized carbons (Fsp3) is 0.250. The molecule has 23 heavy (non-hydrogen) atoms. The normalized spacial score (nSPS) is 16.0. The van der Waals surface area contributed by atoms with Crippen molar-refractivity contribution < 1.29 is 18.3 Å². The van der Waals surface area contributed by atoms with E-state index in [0.717, 1.165) is 4.90 Å². The Morgan fingerprint density at radius 2 is 2.00 bits per heavy atom. The zero-order chi connectivity index (χ0) is 16.6. The predicted octanol–water partition coefficient (Wildman–Crippen LogP) is 2.46. The van der Waals surface area contributed by atoms with Gasteiger partial charge in [0.25, 0.3) is 0 Å². The molecule has 1 aromatic carbocycles. The number of aryl methyl sites for hydroxylation is 1. The first kappa shape index (κ1) is 15.2. The fourth-order valence-corrected chi connectivity index (χ4v) is 2.50. The number of benzene rings is 1. The first-order valence-corrected chi connectivity index (χ1v) is 7.10. The first-order valence-electron chi connectivity index (χ1n) is 7.10. The van der Waals surface area contributed by atoms with Crippen molar-refractivity contribution in [1.29, 1.82) is 0 Å². The Balaban J connectivity index is 2.06. The minimum Gasteiger partial charge on any atom is -0.423 e. The Morgan fingerprint density at radius 1 is 1.22 bits per heavy atom. The van der Waals surface area contributed by atoms with Crippen molar-refractivity contribution in [3.8, 4) is 5.75 Å². The number of halogens is 2. The van der Waals surface area contributed by atoms with Crippen molar-refractivity contribution in [1.82, 2.24) is 4.98 Å². The molecule has 120 valence electrons. The van der Waals surface area contributed by atoms with Gasteiger partial charge in [0.2, 0.25) is 5.56 Å². The Hall–Kier alpha value is -2.70. The van der Waals surface area contributed by atoms with Crippen molar-refractivity contribution in [3.63, 3.8) is 0 Å². The van der Waals surface area contributed by atoms with Gasteiger partial charge in [-0.1, -0.05) is 25.1 Å². The molecule has 1 amide bonds. The molecule has 0 atom stereocenters. The first-order chi connectivity index (χ1) is 10.9. The van der Waals surface area contributed by atoms with Gasteiger partial charge < -0.3 is 9.72 Å². The van der Waals surface area contributed by atoms with Crippen LogP contribution in [-0.2, 0) is 17.8 Å². The molecule has 0 saturated carbocycles. The van der Waals surface area contributed by atoms with E-state index in [1.807, 2.05) is 6.92 Å². The van der Waals surface area contributed by atoms with Crippen LogP contribution in [0.25, 0.3) is 0 Å². The highest BCUT2D eigenvalue weighted by atomic mass is 19.3. The lowest BCUT2D eigenvalue weighted by atomic mass is 10.1. The summed E-state index contributed by atoms with van der Waals surface area (Å²) in [4.78, 5) is 26.6. The van der Waals surface area contributed by atoms with Crippen LogP contribution in [0, 0.1) is 0 Å². The van der Waals surface area contributed by atoms with Gasteiger partial charge in [-0.05, 0) is 23.6 Å². The van der Waals surface area contributed by atoms with Gasteiger partial charge in [0.05, 0.1) is 12.2 Å². The Bertz CT molecular complexity index is 797. The number of fused-ring (bicyclic) bond motifs is 1. The standard InChI is InChI=1S/C16H14F2N2O3/c1-2-11-4-3-5-12-14(11)23-16(17,18)15(22)20(12)9-10-6-7-13(21)19-8-10/h3-8H,2,9H2,1H3,(H,19,21). The minimum atomic E-state index is -3.92. The van der Waals surface area contributed by atoms with E-state index in [9.17, 15) is 18.4 Å². The number of nitrogens with zero attached hydrogens (tertiary/aromatic N) is 1. The van der Waals surface area contributed by atoms with E-state index in [1.165, 1.54) is 18.3 Å². The number of carbonyl (C=O) groups excluding carboxylic acids is 1. The Kier molecular flexibility index (Phi) is 3.63. The maximum absolute atomic E-state index is 13.9. The molecular weight excluding hydrogens is 306 g/mol. The van der Waals surface area contributed by atoms with Crippen LogP contribution in [0.5, 0.6) is 5.75 Å². The van der Waals surface area contributed by atoms with Gasteiger partial charge in [-0.2, -0.15) is 8.78 Å². The molecule has 2 aromatic rings. The zero-order valence-corrected chi connectivity index (χ0v) is 12.3. The lowest BCUT2D eigenvalue weighted by molar-refractivity contribution is -0.193. The smallest absolute Gasteiger partial charge is 0.423 e. The number of aromatic amines is 1. The number of ether oxygens (including phenoxy) is 1. The number of alkyl halides is 2. The molecule has 0 fully saturated rings. The summed E-state index contributed by atoms with van der Waals surface area (Å²) in [5, 5.41) is 0. The number of hydrogen-bond donors (Lipinski definition) is 1. The van der Waals surface area contributed by atoms with E-state index in [4.69, 9.17) is 0 Å². The van der Waals surface area contributed by atoms with Gasteiger partial charge in [0.15, 0.2) is 5.75 Å². The lowest BCUT2D eigenvalue weighted by Crippen LogP contribution is -2.50.